The van der Waals surface area contributed by atoms with Gasteiger partial charge in [-0.15, -0.1) is 0 Å². The van der Waals surface area contributed by atoms with Crippen LogP contribution in [0.2, 0.25) is 0 Å². The highest BCUT2D eigenvalue weighted by Gasteiger charge is 2.30. The standard InChI is InChI=1S/C10H19N3O3S/c14-10-9(5-4-6-11-10)12-17(15,16)13-7-2-1-3-8-13/h9,12H,1-8H2,(H,11,14). The third-order valence-electron chi connectivity index (χ3n) is 3.23. The van der Waals surface area contributed by atoms with Gasteiger partial charge in [0.05, 0.1) is 0 Å². The molecule has 0 radical (unpaired) electrons. The fraction of sp³-hybridized carbons (Fsp3) is 0.900. The number of hydrogen-bond acceptors (Lipinski definition) is 3. The molecule has 0 spiro atoms. The zero-order valence-corrected chi connectivity index (χ0v) is 10.6. The summed E-state index contributed by atoms with van der Waals surface area (Å²) in [5.74, 6) is -0.211. The third-order valence-corrected chi connectivity index (χ3v) is 4.86. The van der Waals surface area contributed by atoms with Crippen molar-refractivity contribution in [2.45, 2.75) is 38.1 Å². The summed E-state index contributed by atoms with van der Waals surface area (Å²) in [7, 11) is -3.49. The molecule has 0 aromatic carbocycles. The van der Waals surface area contributed by atoms with Crippen LogP contribution in [-0.2, 0) is 15.0 Å². The Morgan fingerprint density at radius 2 is 1.88 bits per heavy atom. The molecule has 6 nitrogen and oxygen atoms in total. The molecule has 0 aromatic rings. The number of amides is 1. The summed E-state index contributed by atoms with van der Waals surface area (Å²) in [6.07, 6.45) is 4.28. The molecule has 7 heteroatoms. The van der Waals surface area contributed by atoms with E-state index in [1.807, 2.05) is 0 Å². The number of hydrogen-bond donors (Lipinski definition) is 2. The number of piperidine rings is 2. The lowest BCUT2D eigenvalue weighted by atomic mass is 10.1. The predicted molar refractivity (Wildman–Crippen MR) is 63.5 cm³/mol. The summed E-state index contributed by atoms with van der Waals surface area (Å²) in [4.78, 5) is 11.5. The monoisotopic (exact) mass is 261 g/mol. The van der Waals surface area contributed by atoms with E-state index >= 15 is 0 Å². The van der Waals surface area contributed by atoms with E-state index in [2.05, 4.69) is 10.0 Å². The molecule has 2 saturated heterocycles. The van der Waals surface area contributed by atoms with Crippen molar-refractivity contribution < 1.29 is 13.2 Å². The Bertz CT molecular complexity index is 376. The SMILES string of the molecule is O=C1NCCCC1NS(=O)(=O)N1CCCCC1. The van der Waals surface area contributed by atoms with Crippen molar-refractivity contribution in [3.8, 4) is 0 Å². The lowest BCUT2D eigenvalue weighted by Crippen LogP contribution is -2.54. The first-order valence-corrected chi connectivity index (χ1v) is 7.59. The maximum absolute atomic E-state index is 12.0. The second-order valence-electron chi connectivity index (χ2n) is 4.57. The minimum absolute atomic E-state index is 0.211. The van der Waals surface area contributed by atoms with E-state index < -0.39 is 16.3 Å². The van der Waals surface area contributed by atoms with Crippen LogP contribution in [0.4, 0.5) is 0 Å². The van der Waals surface area contributed by atoms with Crippen LogP contribution in [-0.4, -0.2) is 44.3 Å². The predicted octanol–water partition coefficient (Wildman–Crippen LogP) is -0.415. The van der Waals surface area contributed by atoms with E-state index in [1.165, 1.54) is 4.31 Å². The summed E-state index contributed by atoms with van der Waals surface area (Å²) in [6.45, 7) is 1.76. The van der Waals surface area contributed by atoms with Gasteiger partial charge in [0, 0.05) is 19.6 Å². The van der Waals surface area contributed by atoms with Crippen molar-refractivity contribution in [1.29, 1.82) is 0 Å². The highest BCUT2D eigenvalue weighted by molar-refractivity contribution is 7.87. The van der Waals surface area contributed by atoms with Gasteiger partial charge in [0.1, 0.15) is 6.04 Å². The molecule has 17 heavy (non-hydrogen) atoms. The first kappa shape index (κ1) is 12.8. The molecule has 1 atom stereocenters. The molecule has 2 heterocycles. The molecule has 1 unspecified atom stereocenters. The molecule has 0 bridgehead atoms. The van der Waals surface area contributed by atoms with Gasteiger partial charge in [-0.25, -0.2) is 0 Å². The molecule has 2 aliphatic heterocycles. The van der Waals surface area contributed by atoms with Crippen LogP contribution in [0.25, 0.3) is 0 Å². The topological polar surface area (TPSA) is 78.5 Å². The summed E-state index contributed by atoms with van der Waals surface area (Å²) < 4.78 is 28.0. The summed E-state index contributed by atoms with van der Waals surface area (Å²) in [5, 5.41) is 2.67. The van der Waals surface area contributed by atoms with Gasteiger partial charge in [-0.3, -0.25) is 4.79 Å². The molecule has 2 fully saturated rings. The van der Waals surface area contributed by atoms with Crippen molar-refractivity contribution in [2.75, 3.05) is 19.6 Å². The minimum Gasteiger partial charge on any atom is -0.355 e. The fourth-order valence-corrected chi connectivity index (χ4v) is 3.72. The largest absolute Gasteiger partial charge is 0.355 e. The molecule has 2 rings (SSSR count). The van der Waals surface area contributed by atoms with Crippen molar-refractivity contribution >= 4 is 16.1 Å². The van der Waals surface area contributed by atoms with Crippen molar-refractivity contribution in [3.05, 3.63) is 0 Å². The van der Waals surface area contributed by atoms with Crippen LogP contribution < -0.4 is 10.0 Å². The van der Waals surface area contributed by atoms with Crippen LogP contribution in [0, 0.1) is 0 Å². The van der Waals surface area contributed by atoms with Gasteiger partial charge in [0.2, 0.25) is 5.91 Å². The second-order valence-corrected chi connectivity index (χ2v) is 6.27. The van der Waals surface area contributed by atoms with Crippen molar-refractivity contribution in [2.24, 2.45) is 0 Å². The average molecular weight is 261 g/mol. The smallest absolute Gasteiger partial charge is 0.280 e. The molecule has 2 aliphatic rings. The highest BCUT2D eigenvalue weighted by atomic mass is 32.2. The minimum atomic E-state index is -3.49. The van der Waals surface area contributed by atoms with Gasteiger partial charge >= 0.3 is 0 Å². The molecule has 0 aromatic heterocycles. The molecular formula is C10H19N3O3S. The first-order chi connectivity index (χ1) is 8.09. The number of nitrogens with zero attached hydrogens (tertiary/aromatic N) is 1. The molecule has 2 N–H and O–H groups in total. The first-order valence-electron chi connectivity index (χ1n) is 6.15. The Morgan fingerprint density at radius 1 is 1.18 bits per heavy atom. The van der Waals surface area contributed by atoms with Crippen LogP contribution in [0.3, 0.4) is 0 Å². The van der Waals surface area contributed by atoms with Gasteiger partial charge in [-0.05, 0) is 25.7 Å². The van der Waals surface area contributed by atoms with Gasteiger partial charge in [0.15, 0.2) is 0 Å². The lowest BCUT2D eigenvalue weighted by Gasteiger charge is -2.29. The van der Waals surface area contributed by atoms with E-state index in [-0.39, 0.29) is 5.91 Å². The fourth-order valence-electron chi connectivity index (χ4n) is 2.24. The summed E-state index contributed by atoms with van der Waals surface area (Å²) >= 11 is 0. The Kier molecular flexibility index (Phi) is 4.01. The Balaban J connectivity index is 1.98. The maximum atomic E-state index is 12.0. The normalized spacial score (nSPS) is 27.8. The van der Waals surface area contributed by atoms with Crippen LogP contribution in [0.1, 0.15) is 32.1 Å². The van der Waals surface area contributed by atoms with E-state index in [0.29, 0.717) is 26.1 Å². The quantitative estimate of drug-likeness (QED) is 0.724. The van der Waals surface area contributed by atoms with Crippen molar-refractivity contribution in [1.82, 2.24) is 14.3 Å². The molecular weight excluding hydrogens is 242 g/mol. The number of nitrogens with one attached hydrogen (secondary N) is 2. The zero-order valence-electron chi connectivity index (χ0n) is 9.81. The molecule has 1 amide bonds. The zero-order chi connectivity index (χ0) is 12.3. The van der Waals surface area contributed by atoms with Crippen molar-refractivity contribution in [3.63, 3.8) is 0 Å². The molecule has 98 valence electrons. The van der Waals surface area contributed by atoms with Gasteiger partial charge in [-0.1, -0.05) is 6.42 Å². The molecule has 0 saturated carbocycles. The number of rotatable bonds is 3. The van der Waals surface area contributed by atoms with E-state index in [0.717, 1.165) is 25.7 Å². The van der Waals surface area contributed by atoms with E-state index in [9.17, 15) is 13.2 Å². The number of carbonyl (C=O) groups excluding carboxylic acids is 1. The summed E-state index contributed by atoms with van der Waals surface area (Å²) in [6, 6.07) is -0.601. The average Bonchev–Trinajstić information content (AvgIpc) is 2.33. The van der Waals surface area contributed by atoms with Gasteiger partial charge in [-0.2, -0.15) is 17.4 Å². The maximum Gasteiger partial charge on any atom is 0.280 e. The highest BCUT2D eigenvalue weighted by Crippen LogP contribution is 2.13. The number of carbonyl (C=O) groups is 1. The van der Waals surface area contributed by atoms with Crippen LogP contribution in [0.15, 0.2) is 0 Å². The Hall–Kier alpha value is -0.660. The lowest BCUT2D eigenvalue weighted by molar-refractivity contribution is -0.124. The van der Waals surface area contributed by atoms with E-state index in [1.54, 1.807) is 0 Å². The second kappa shape index (κ2) is 5.32. The van der Waals surface area contributed by atoms with Crippen LogP contribution in [0.5, 0.6) is 0 Å². The van der Waals surface area contributed by atoms with E-state index in [4.69, 9.17) is 0 Å². The summed E-state index contributed by atoms with van der Waals surface area (Å²) in [5.41, 5.74) is 0. The third kappa shape index (κ3) is 3.17. The molecule has 0 aliphatic carbocycles. The Labute approximate surface area is 102 Å². The van der Waals surface area contributed by atoms with Crippen LogP contribution >= 0.6 is 0 Å². The van der Waals surface area contributed by atoms with Gasteiger partial charge < -0.3 is 5.32 Å². The van der Waals surface area contributed by atoms with Gasteiger partial charge in [0.25, 0.3) is 10.2 Å². The Morgan fingerprint density at radius 3 is 2.53 bits per heavy atom.